The second kappa shape index (κ2) is 37.1. The van der Waals surface area contributed by atoms with Crippen molar-refractivity contribution < 1.29 is 59.4 Å². The van der Waals surface area contributed by atoms with E-state index in [1.165, 1.54) is 82.7 Å². The fourth-order valence-electron chi connectivity index (χ4n) is 7.28. The van der Waals surface area contributed by atoms with Crippen molar-refractivity contribution in [2.45, 2.75) is 119 Å². The number of carboxylic acid groups (broad SMARTS) is 6. The molecular formula is C37H68O12S6Si2. The second-order valence-corrected chi connectivity index (χ2v) is 31.2. The molecule has 0 rings (SSSR count). The van der Waals surface area contributed by atoms with Gasteiger partial charge in [0.25, 0.3) is 0 Å². The van der Waals surface area contributed by atoms with Gasteiger partial charge in [0.1, 0.15) is 0 Å². The first-order valence-electron chi connectivity index (χ1n) is 20.0. The third-order valence-corrected chi connectivity index (χ3v) is 27.2. The smallest absolute Gasteiger partial charge is 0.313 e. The third-order valence-electron chi connectivity index (χ3n) is 9.74. The average Bonchev–Trinajstić information content (AvgIpc) is 3.12. The van der Waals surface area contributed by atoms with Crippen LogP contribution in [0.25, 0.3) is 0 Å². The predicted molar refractivity (Wildman–Crippen MR) is 251 cm³/mol. The van der Waals surface area contributed by atoms with Crippen molar-refractivity contribution in [2.24, 2.45) is 0 Å². The first kappa shape index (κ1) is 56.4. The van der Waals surface area contributed by atoms with Crippen LogP contribution in [0, 0.1) is 0 Å². The first-order valence-corrected chi connectivity index (χ1v) is 32.6. The van der Waals surface area contributed by atoms with Gasteiger partial charge in [-0.3, -0.25) is 28.8 Å². The van der Waals surface area contributed by atoms with Crippen molar-refractivity contribution in [1.29, 1.82) is 0 Å². The highest BCUT2D eigenvalue weighted by Crippen LogP contribution is 2.36. The van der Waals surface area contributed by atoms with E-state index in [-0.39, 0.29) is 34.5 Å². The Balaban J connectivity index is 5.60. The maximum absolute atomic E-state index is 11.1. The van der Waals surface area contributed by atoms with Crippen LogP contribution in [0.3, 0.4) is 0 Å². The number of thioether (sulfide) groups is 6. The molecule has 0 aromatic rings. The van der Waals surface area contributed by atoms with Gasteiger partial charge in [-0.2, -0.15) is 70.6 Å². The van der Waals surface area contributed by atoms with E-state index in [4.69, 9.17) is 30.6 Å². The summed E-state index contributed by atoms with van der Waals surface area (Å²) in [6.07, 6.45) is 11.3. The van der Waals surface area contributed by atoms with E-state index in [2.05, 4.69) is 0 Å². The molecule has 0 atom stereocenters. The molecule has 0 aliphatic carbocycles. The van der Waals surface area contributed by atoms with Crippen LogP contribution in [0.2, 0.25) is 48.4 Å². The lowest BCUT2D eigenvalue weighted by Gasteiger charge is -2.33. The Hall–Kier alpha value is -0.646. The monoisotopic (exact) mass is 952 g/mol. The van der Waals surface area contributed by atoms with Crippen molar-refractivity contribution in [1.82, 2.24) is 0 Å². The Bertz CT molecular complexity index is 937. The van der Waals surface area contributed by atoms with Gasteiger partial charge in [-0.05, 0) is 73.0 Å². The molecular weight excluding hydrogens is 885 g/mol. The Labute approximate surface area is 367 Å². The zero-order valence-corrected chi connectivity index (χ0v) is 40.4. The summed E-state index contributed by atoms with van der Waals surface area (Å²) in [5.74, 6) is 0.443. The lowest BCUT2D eigenvalue weighted by atomic mass is 10.2. The fourth-order valence-corrected chi connectivity index (χ4v) is 23.4. The summed E-state index contributed by atoms with van der Waals surface area (Å²) in [7, 11) is -3.61. The zero-order valence-electron chi connectivity index (χ0n) is 33.5. The van der Waals surface area contributed by atoms with E-state index in [1.54, 1.807) is 0 Å². The lowest BCUT2D eigenvalue weighted by molar-refractivity contribution is -0.134. The van der Waals surface area contributed by atoms with Gasteiger partial charge in [0.05, 0.1) is 50.7 Å². The highest BCUT2D eigenvalue weighted by molar-refractivity contribution is 8.01. The molecule has 0 amide bonds. The van der Waals surface area contributed by atoms with Gasteiger partial charge in [-0.15, -0.1) is 0 Å². The SMILES string of the molecule is O=C(O)CSCCC[Si](CCCCCCC[Si](CCCSCC(=O)O)(CCCSCC(=O)O)CCCSCC(=O)O)(CCCSCC(=O)O)CCCSCC(=O)O. The van der Waals surface area contributed by atoms with E-state index in [9.17, 15) is 28.8 Å². The minimum absolute atomic E-state index is 0.0907. The van der Waals surface area contributed by atoms with E-state index in [0.29, 0.717) is 0 Å². The average molecular weight is 954 g/mol. The largest absolute Gasteiger partial charge is 0.481 e. The fraction of sp³-hybridized carbons (Fsp3) is 0.838. The van der Waals surface area contributed by atoms with Crippen molar-refractivity contribution in [3.05, 3.63) is 0 Å². The molecule has 0 saturated carbocycles. The summed E-state index contributed by atoms with van der Waals surface area (Å²) >= 11 is 8.70. The van der Waals surface area contributed by atoms with Crippen LogP contribution in [-0.2, 0) is 28.8 Å². The molecule has 0 saturated heterocycles. The van der Waals surface area contributed by atoms with Gasteiger partial charge >= 0.3 is 35.8 Å². The number of hydrogen-bond acceptors (Lipinski definition) is 12. The van der Waals surface area contributed by atoms with Gasteiger partial charge in [0, 0.05) is 0 Å². The minimum Gasteiger partial charge on any atom is -0.481 e. The molecule has 0 aromatic carbocycles. The molecule has 6 N–H and O–H groups in total. The van der Waals surface area contributed by atoms with E-state index < -0.39 is 52.0 Å². The van der Waals surface area contributed by atoms with Crippen LogP contribution >= 0.6 is 70.6 Å². The zero-order chi connectivity index (χ0) is 42.6. The van der Waals surface area contributed by atoms with Gasteiger partial charge < -0.3 is 30.6 Å². The molecule has 0 spiro atoms. The van der Waals surface area contributed by atoms with E-state index in [0.717, 1.165) is 141 Å². The van der Waals surface area contributed by atoms with Crippen LogP contribution in [0.15, 0.2) is 0 Å². The predicted octanol–water partition coefficient (Wildman–Crippen LogP) is 9.08. The molecule has 0 aromatic heterocycles. The summed E-state index contributed by atoms with van der Waals surface area (Å²) in [4.78, 5) is 66.5. The molecule has 332 valence electrons. The standard InChI is InChI=1S/C37H68O12S6Si2/c38-32(39)26-50-12-6-20-56(21-7-13-51-27-33(40)41,22-8-14-52-28-34(42)43)18-4-2-1-3-5-19-57(23-9-15-53-29-35(44)45,24-10-16-54-30-36(46)47)25-11-17-55-31-37(48)49/h1-31H2,(H,38,39)(H,40,41)(H,42,43)(H,44,45)(H,46,47)(H,48,49). The molecule has 0 heterocycles. The molecule has 0 aliphatic heterocycles. The molecule has 20 heteroatoms. The summed E-state index contributed by atoms with van der Waals surface area (Å²) in [6, 6.07) is 8.92. The number of carboxylic acids is 6. The normalized spacial score (nSPS) is 11.8. The number of rotatable bonds is 44. The van der Waals surface area contributed by atoms with Gasteiger partial charge in [-0.1, -0.05) is 80.5 Å². The van der Waals surface area contributed by atoms with Crippen molar-refractivity contribution >= 4 is 123 Å². The summed E-state index contributed by atoms with van der Waals surface area (Å²) < 4.78 is 0. The molecule has 12 nitrogen and oxygen atoms in total. The number of hydrogen-bond donors (Lipinski definition) is 6. The summed E-state index contributed by atoms with van der Waals surface area (Å²) in [5.41, 5.74) is 0. The Morgan fingerprint density at radius 2 is 0.421 bits per heavy atom. The topological polar surface area (TPSA) is 224 Å². The maximum atomic E-state index is 11.1. The Kier molecular flexibility index (Phi) is 36.7. The number of aliphatic carboxylic acids is 6. The quantitative estimate of drug-likeness (QED) is 0.0247. The number of carbonyl (C=O) groups is 6. The van der Waals surface area contributed by atoms with Crippen molar-refractivity contribution in [3.8, 4) is 0 Å². The third kappa shape index (κ3) is 36.9. The van der Waals surface area contributed by atoms with Crippen LogP contribution < -0.4 is 0 Å². The molecule has 0 bridgehead atoms. The van der Waals surface area contributed by atoms with Gasteiger partial charge in [0.15, 0.2) is 0 Å². The molecule has 0 radical (unpaired) electrons. The Morgan fingerprint density at radius 3 is 0.596 bits per heavy atom. The van der Waals surface area contributed by atoms with E-state index >= 15 is 0 Å². The second-order valence-electron chi connectivity index (χ2n) is 14.6. The van der Waals surface area contributed by atoms with Gasteiger partial charge in [0.2, 0.25) is 0 Å². The minimum atomic E-state index is -1.80. The van der Waals surface area contributed by atoms with Crippen molar-refractivity contribution in [2.75, 3.05) is 69.0 Å². The first-order chi connectivity index (χ1) is 27.2. The van der Waals surface area contributed by atoms with Crippen molar-refractivity contribution in [3.63, 3.8) is 0 Å². The molecule has 0 fully saturated rings. The molecule has 0 aliphatic rings. The number of unbranched alkanes of at least 4 members (excludes halogenated alkanes) is 4. The van der Waals surface area contributed by atoms with Gasteiger partial charge in [-0.25, -0.2) is 0 Å². The summed E-state index contributed by atoms with van der Waals surface area (Å²) in [6.45, 7) is 0. The highest BCUT2D eigenvalue weighted by Gasteiger charge is 2.32. The highest BCUT2D eigenvalue weighted by atomic mass is 32.2. The van der Waals surface area contributed by atoms with Crippen LogP contribution in [0.5, 0.6) is 0 Å². The lowest BCUT2D eigenvalue weighted by Crippen LogP contribution is -2.34. The van der Waals surface area contributed by atoms with E-state index in [1.807, 2.05) is 0 Å². The maximum Gasteiger partial charge on any atom is 0.313 e. The Morgan fingerprint density at radius 1 is 0.263 bits per heavy atom. The van der Waals surface area contributed by atoms with Crippen LogP contribution in [0.4, 0.5) is 0 Å². The van der Waals surface area contributed by atoms with Crippen LogP contribution in [-0.4, -0.2) is 152 Å². The van der Waals surface area contributed by atoms with Crippen LogP contribution in [0.1, 0.15) is 70.6 Å². The summed E-state index contributed by atoms with van der Waals surface area (Å²) in [5, 5.41) is 54.6. The molecule has 57 heavy (non-hydrogen) atoms. The molecule has 0 unspecified atom stereocenters.